The van der Waals surface area contributed by atoms with Crippen LogP contribution in [0.15, 0.2) is 41.5 Å². The molecule has 0 aromatic carbocycles. The Morgan fingerprint density at radius 1 is 1.15 bits per heavy atom. The van der Waals surface area contributed by atoms with Gasteiger partial charge in [0.2, 0.25) is 0 Å². The van der Waals surface area contributed by atoms with Crippen LogP contribution in [-0.2, 0) is 24.4 Å². The second-order valence-corrected chi connectivity index (χ2v) is 9.85. The van der Waals surface area contributed by atoms with Gasteiger partial charge in [-0.2, -0.15) is 0 Å². The molecule has 0 aliphatic heterocycles. The Labute approximate surface area is 201 Å². The van der Waals surface area contributed by atoms with Gasteiger partial charge in [-0.1, -0.05) is 6.92 Å². The lowest BCUT2D eigenvalue weighted by molar-refractivity contribution is 0.162. The Morgan fingerprint density at radius 3 is 2.68 bits per heavy atom. The SMILES string of the molecule is COCc1cc(CNC2CCC(C)(CCn3c(=O)ccc4ncc(OC)cc43)CC2)ncc1C. The average molecular weight is 465 g/mol. The van der Waals surface area contributed by atoms with Gasteiger partial charge >= 0.3 is 0 Å². The Hall–Kier alpha value is -2.77. The molecule has 0 amide bonds. The van der Waals surface area contributed by atoms with Crippen LogP contribution in [0, 0.1) is 12.3 Å². The van der Waals surface area contributed by atoms with Crippen LogP contribution >= 0.6 is 0 Å². The molecule has 0 radical (unpaired) electrons. The summed E-state index contributed by atoms with van der Waals surface area (Å²) < 4.78 is 12.5. The maximum Gasteiger partial charge on any atom is 0.251 e. The van der Waals surface area contributed by atoms with Gasteiger partial charge < -0.3 is 19.4 Å². The molecule has 0 unspecified atom stereocenters. The van der Waals surface area contributed by atoms with Crippen molar-refractivity contribution in [2.45, 2.75) is 71.7 Å². The Balaban J connectivity index is 1.34. The van der Waals surface area contributed by atoms with Gasteiger partial charge in [0, 0.05) is 44.6 Å². The van der Waals surface area contributed by atoms with E-state index in [9.17, 15) is 4.79 Å². The first-order valence-electron chi connectivity index (χ1n) is 12.1. The average Bonchev–Trinajstić information content (AvgIpc) is 2.84. The van der Waals surface area contributed by atoms with Crippen molar-refractivity contribution < 1.29 is 9.47 Å². The molecular weight excluding hydrogens is 428 g/mol. The first kappa shape index (κ1) is 24.4. The third-order valence-corrected chi connectivity index (χ3v) is 7.32. The summed E-state index contributed by atoms with van der Waals surface area (Å²) in [6.07, 6.45) is 9.14. The van der Waals surface area contributed by atoms with Crippen molar-refractivity contribution in [3.05, 3.63) is 63.8 Å². The van der Waals surface area contributed by atoms with Crippen molar-refractivity contribution in [2.24, 2.45) is 5.41 Å². The first-order chi connectivity index (χ1) is 16.4. The minimum absolute atomic E-state index is 0.0138. The molecule has 0 spiro atoms. The fourth-order valence-electron chi connectivity index (χ4n) is 4.91. The van der Waals surface area contributed by atoms with Gasteiger partial charge in [-0.15, -0.1) is 0 Å². The summed E-state index contributed by atoms with van der Waals surface area (Å²) in [6.45, 7) is 6.51. The summed E-state index contributed by atoms with van der Waals surface area (Å²) in [4.78, 5) is 21.7. The van der Waals surface area contributed by atoms with Crippen LogP contribution in [0.25, 0.3) is 11.0 Å². The van der Waals surface area contributed by atoms with Crippen LogP contribution in [0.1, 0.15) is 55.8 Å². The van der Waals surface area contributed by atoms with Gasteiger partial charge in [0.05, 0.1) is 36.6 Å². The standard InChI is InChI=1S/C27H36N4O3/c1-19-15-28-22(13-20(19)18-33-3)16-29-21-7-9-27(2,10-8-21)11-12-31-25-14-23(34-4)17-30-24(25)5-6-26(31)32/h5-6,13-15,17,21,29H,7-12,16,18H2,1-4H3. The van der Waals surface area contributed by atoms with Crippen molar-refractivity contribution in [2.75, 3.05) is 14.2 Å². The van der Waals surface area contributed by atoms with Crippen LogP contribution in [0.5, 0.6) is 5.75 Å². The van der Waals surface area contributed by atoms with E-state index in [2.05, 4.69) is 35.2 Å². The number of fused-ring (bicyclic) bond motifs is 1. The van der Waals surface area contributed by atoms with Crippen molar-refractivity contribution in [3.63, 3.8) is 0 Å². The van der Waals surface area contributed by atoms with Crippen LogP contribution in [-0.4, -0.2) is 34.8 Å². The highest BCUT2D eigenvalue weighted by molar-refractivity contribution is 5.75. The molecule has 1 aliphatic rings. The molecule has 34 heavy (non-hydrogen) atoms. The first-order valence-corrected chi connectivity index (χ1v) is 12.1. The van der Waals surface area contributed by atoms with Gasteiger partial charge in [-0.05, 0) is 67.7 Å². The number of methoxy groups -OCH3 is 2. The molecule has 3 heterocycles. The summed E-state index contributed by atoms with van der Waals surface area (Å²) in [5.41, 5.74) is 5.31. The molecular formula is C27H36N4O3. The third kappa shape index (κ3) is 5.65. The van der Waals surface area contributed by atoms with Crippen LogP contribution in [0.4, 0.5) is 0 Å². The quantitative estimate of drug-likeness (QED) is 0.506. The summed E-state index contributed by atoms with van der Waals surface area (Å²) in [5.74, 6) is 0.669. The molecule has 7 nitrogen and oxygen atoms in total. The highest BCUT2D eigenvalue weighted by Crippen LogP contribution is 2.39. The zero-order valence-corrected chi connectivity index (χ0v) is 20.8. The topological polar surface area (TPSA) is 78.3 Å². The summed E-state index contributed by atoms with van der Waals surface area (Å²) in [5, 5.41) is 3.70. The highest BCUT2D eigenvalue weighted by Gasteiger charge is 2.31. The van der Waals surface area contributed by atoms with E-state index >= 15 is 0 Å². The van der Waals surface area contributed by atoms with E-state index in [0.717, 1.165) is 55.4 Å². The number of aromatic nitrogens is 3. The second-order valence-electron chi connectivity index (χ2n) is 9.85. The van der Waals surface area contributed by atoms with E-state index in [1.54, 1.807) is 32.5 Å². The molecule has 1 saturated carbocycles. The lowest BCUT2D eigenvalue weighted by atomic mass is 9.72. The fourth-order valence-corrected chi connectivity index (χ4v) is 4.91. The molecule has 0 atom stereocenters. The van der Waals surface area contributed by atoms with Crippen molar-refractivity contribution >= 4 is 11.0 Å². The smallest absolute Gasteiger partial charge is 0.251 e. The van der Waals surface area contributed by atoms with E-state index in [0.29, 0.717) is 24.9 Å². The molecule has 7 heteroatoms. The normalized spacial score (nSPS) is 20.5. The van der Waals surface area contributed by atoms with E-state index in [1.807, 2.05) is 16.8 Å². The Morgan fingerprint density at radius 2 is 1.94 bits per heavy atom. The van der Waals surface area contributed by atoms with Gasteiger partial charge in [0.15, 0.2) is 0 Å². The van der Waals surface area contributed by atoms with E-state index in [-0.39, 0.29) is 11.0 Å². The largest absolute Gasteiger partial charge is 0.495 e. The number of hydrogen-bond acceptors (Lipinski definition) is 6. The number of rotatable bonds is 9. The molecule has 3 aromatic heterocycles. The lowest BCUT2D eigenvalue weighted by Gasteiger charge is -2.38. The summed E-state index contributed by atoms with van der Waals surface area (Å²) >= 11 is 0. The number of ether oxygens (including phenoxy) is 2. The number of nitrogens with one attached hydrogen (secondary N) is 1. The van der Waals surface area contributed by atoms with E-state index in [1.165, 1.54) is 11.1 Å². The van der Waals surface area contributed by atoms with Gasteiger partial charge in [-0.3, -0.25) is 14.8 Å². The van der Waals surface area contributed by atoms with Crippen LogP contribution in [0.2, 0.25) is 0 Å². The molecule has 4 rings (SSSR count). The monoisotopic (exact) mass is 464 g/mol. The highest BCUT2D eigenvalue weighted by atomic mass is 16.5. The zero-order valence-electron chi connectivity index (χ0n) is 20.8. The minimum atomic E-state index is 0.0138. The number of hydrogen-bond donors (Lipinski definition) is 1. The summed E-state index contributed by atoms with van der Waals surface area (Å²) in [6, 6.07) is 7.94. The lowest BCUT2D eigenvalue weighted by Crippen LogP contribution is -2.37. The van der Waals surface area contributed by atoms with Gasteiger partial charge in [0.1, 0.15) is 5.75 Å². The van der Waals surface area contributed by atoms with Gasteiger partial charge in [-0.25, -0.2) is 0 Å². The zero-order chi connectivity index (χ0) is 24.1. The maximum absolute atomic E-state index is 12.6. The minimum Gasteiger partial charge on any atom is -0.495 e. The molecule has 0 bridgehead atoms. The molecule has 182 valence electrons. The van der Waals surface area contributed by atoms with Crippen LogP contribution < -0.4 is 15.6 Å². The second kappa shape index (κ2) is 10.7. The predicted molar refractivity (Wildman–Crippen MR) is 134 cm³/mol. The molecule has 0 saturated heterocycles. The number of aryl methyl sites for hydroxylation is 2. The molecule has 1 fully saturated rings. The van der Waals surface area contributed by atoms with E-state index < -0.39 is 0 Å². The predicted octanol–water partition coefficient (Wildman–Crippen LogP) is 4.38. The van der Waals surface area contributed by atoms with Crippen molar-refractivity contribution in [3.8, 4) is 5.75 Å². The van der Waals surface area contributed by atoms with Crippen molar-refractivity contribution in [1.29, 1.82) is 0 Å². The van der Waals surface area contributed by atoms with E-state index in [4.69, 9.17) is 9.47 Å². The number of pyridine rings is 3. The Bertz CT molecular complexity index is 1180. The van der Waals surface area contributed by atoms with Crippen LogP contribution in [0.3, 0.4) is 0 Å². The maximum atomic E-state index is 12.6. The summed E-state index contributed by atoms with van der Waals surface area (Å²) in [7, 11) is 3.34. The fraction of sp³-hybridized carbons (Fsp3) is 0.519. The van der Waals surface area contributed by atoms with Crippen molar-refractivity contribution in [1.82, 2.24) is 19.9 Å². The number of nitrogens with zero attached hydrogens (tertiary/aromatic N) is 3. The Kier molecular flexibility index (Phi) is 7.63. The van der Waals surface area contributed by atoms with Gasteiger partial charge in [0.25, 0.3) is 5.56 Å². The molecule has 1 aliphatic carbocycles. The third-order valence-electron chi connectivity index (χ3n) is 7.32. The molecule has 1 N–H and O–H groups in total. The molecule has 3 aromatic rings.